The average molecular weight is 516 g/mol. The molecule has 15 unspecified atom stereocenters. The zero-order valence-electron chi connectivity index (χ0n) is 19.3. The van der Waals surface area contributed by atoms with E-state index in [1.807, 2.05) is 0 Å². The molecular formula is C20H36O15. The number of hydrogen-bond acceptors (Lipinski definition) is 15. The van der Waals surface area contributed by atoms with Crippen LogP contribution >= 0.6 is 0 Å². The van der Waals surface area contributed by atoms with E-state index < -0.39 is 112 Å². The monoisotopic (exact) mass is 516 g/mol. The van der Waals surface area contributed by atoms with Gasteiger partial charge in [-0.1, -0.05) is 0 Å². The molecule has 15 nitrogen and oxygen atoms in total. The van der Waals surface area contributed by atoms with Crippen LogP contribution in [0.1, 0.15) is 6.92 Å². The van der Waals surface area contributed by atoms with Crippen LogP contribution in [0.15, 0.2) is 0 Å². The summed E-state index contributed by atoms with van der Waals surface area (Å²) in [4.78, 5) is 0. The second-order valence-electron chi connectivity index (χ2n) is 8.90. The Hall–Kier alpha value is -0.600. The summed E-state index contributed by atoms with van der Waals surface area (Å²) in [6, 6.07) is 0. The van der Waals surface area contributed by atoms with Crippen LogP contribution in [0.25, 0.3) is 0 Å². The predicted octanol–water partition coefficient (Wildman–Crippen LogP) is -5.85. The van der Waals surface area contributed by atoms with Crippen LogP contribution in [-0.4, -0.2) is 165 Å². The molecule has 3 saturated heterocycles. The van der Waals surface area contributed by atoms with Crippen LogP contribution in [0.4, 0.5) is 0 Å². The van der Waals surface area contributed by atoms with Crippen molar-refractivity contribution < 1.29 is 74.4 Å². The van der Waals surface area contributed by atoms with Crippen molar-refractivity contribution in [2.45, 2.75) is 98.9 Å². The largest absolute Gasteiger partial charge is 0.394 e. The van der Waals surface area contributed by atoms with Crippen LogP contribution in [0.3, 0.4) is 0 Å². The molecule has 3 aliphatic rings. The Balaban J connectivity index is 1.70. The Labute approximate surface area is 200 Å². The van der Waals surface area contributed by atoms with E-state index in [2.05, 4.69) is 0 Å². The molecule has 3 aliphatic heterocycles. The summed E-state index contributed by atoms with van der Waals surface area (Å²) in [6.07, 6.45) is -20.8. The molecule has 15 atom stereocenters. The summed E-state index contributed by atoms with van der Waals surface area (Å²) >= 11 is 0. The first-order valence-electron chi connectivity index (χ1n) is 11.3. The third-order valence-corrected chi connectivity index (χ3v) is 6.58. The summed E-state index contributed by atoms with van der Waals surface area (Å²) in [6.45, 7) is -0.168. The van der Waals surface area contributed by atoms with E-state index in [4.69, 9.17) is 28.4 Å². The van der Waals surface area contributed by atoms with E-state index in [1.54, 1.807) is 0 Å². The minimum absolute atomic E-state index is 0.433. The number of hydrogen-bond donors (Lipinski definition) is 9. The molecule has 0 radical (unpaired) electrons. The summed E-state index contributed by atoms with van der Waals surface area (Å²) in [5.41, 5.74) is 0. The molecule has 3 heterocycles. The molecule has 9 N–H and O–H groups in total. The quantitative estimate of drug-likeness (QED) is 0.146. The highest BCUT2D eigenvalue weighted by molar-refractivity contribution is 4.95. The maximum atomic E-state index is 10.6. The molecule has 0 bridgehead atoms. The zero-order valence-corrected chi connectivity index (χ0v) is 19.3. The van der Waals surface area contributed by atoms with Gasteiger partial charge in [0.1, 0.15) is 73.2 Å². The summed E-state index contributed by atoms with van der Waals surface area (Å²) < 4.78 is 32.7. The molecule has 35 heavy (non-hydrogen) atoms. The molecule has 15 heteroatoms. The minimum Gasteiger partial charge on any atom is -0.394 e. The summed E-state index contributed by atoms with van der Waals surface area (Å²) in [7, 11) is 1.24. The first kappa shape index (κ1) is 29.0. The van der Waals surface area contributed by atoms with Gasteiger partial charge >= 0.3 is 0 Å². The van der Waals surface area contributed by atoms with E-state index in [0.717, 1.165) is 0 Å². The van der Waals surface area contributed by atoms with Gasteiger partial charge in [-0.15, -0.1) is 0 Å². The summed E-state index contributed by atoms with van der Waals surface area (Å²) in [5, 5.41) is 90.5. The standard InChI is InChI=1S/C20H36O15/c1-6-10(23)13(26)18(8(4-22)32-6)35-20-16(29)14(27)17(30-2)9(34-20)5-31-19-15(28)12(25)11(24)7(3-21)33-19/h6-29H,3-5H2,1-2H3. The van der Waals surface area contributed by atoms with Crippen molar-refractivity contribution >= 4 is 0 Å². The van der Waals surface area contributed by atoms with Gasteiger partial charge in [-0.05, 0) is 6.92 Å². The van der Waals surface area contributed by atoms with Gasteiger partial charge in [0.15, 0.2) is 12.6 Å². The number of aliphatic hydroxyl groups is 9. The second-order valence-corrected chi connectivity index (χ2v) is 8.90. The van der Waals surface area contributed by atoms with Crippen molar-refractivity contribution in [3.05, 3.63) is 0 Å². The topological polar surface area (TPSA) is 237 Å². The first-order chi connectivity index (χ1) is 16.5. The van der Waals surface area contributed by atoms with Gasteiger partial charge in [0.25, 0.3) is 0 Å². The fourth-order valence-corrected chi connectivity index (χ4v) is 4.43. The Bertz CT molecular complexity index is 652. The molecule has 0 aromatic heterocycles. The van der Waals surface area contributed by atoms with Crippen LogP contribution in [0.5, 0.6) is 0 Å². The number of rotatable bonds is 8. The number of ether oxygens (including phenoxy) is 6. The van der Waals surface area contributed by atoms with Crippen molar-refractivity contribution in [1.82, 2.24) is 0 Å². The van der Waals surface area contributed by atoms with E-state index in [-0.39, 0.29) is 0 Å². The lowest BCUT2D eigenvalue weighted by molar-refractivity contribution is -0.354. The van der Waals surface area contributed by atoms with Crippen molar-refractivity contribution in [2.24, 2.45) is 0 Å². The highest BCUT2D eigenvalue weighted by atomic mass is 16.7. The predicted molar refractivity (Wildman–Crippen MR) is 109 cm³/mol. The van der Waals surface area contributed by atoms with E-state index in [0.29, 0.717) is 0 Å². The van der Waals surface area contributed by atoms with Gasteiger partial charge in [-0.25, -0.2) is 0 Å². The fraction of sp³-hybridized carbons (Fsp3) is 1.00. The molecular weight excluding hydrogens is 480 g/mol. The molecule has 0 aromatic rings. The summed E-state index contributed by atoms with van der Waals surface area (Å²) in [5.74, 6) is 0. The van der Waals surface area contributed by atoms with E-state index in [1.165, 1.54) is 14.0 Å². The van der Waals surface area contributed by atoms with Crippen molar-refractivity contribution in [3.63, 3.8) is 0 Å². The third kappa shape index (κ3) is 5.95. The number of aliphatic hydroxyl groups excluding tert-OH is 9. The Morgan fingerprint density at radius 2 is 1.17 bits per heavy atom. The molecule has 0 spiro atoms. The molecule has 3 rings (SSSR count). The molecule has 0 aliphatic carbocycles. The van der Waals surface area contributed by atoms with Gasteiger partial charge in [-0.2, -0.15) is 0 Å². The molecule has 206 valence electrons. The van der Waals surface area contributed by atoms with Crippen molar-refractivity contribution in [3.8, 4) is 0 Å². The number of methoxy groups -OCH3 is 1. The lowest BCUT2D eigenvalue weighted by atomic mass is 9.95. The Morgan fingerprint density at radius 3 is 1.77 bits per heavy atom. The van der Waals surface area contributed by atoms with E-state index in [9.17, 15) is 46.0 Å². The average Bonchev–Trinajstić information content (AvgIpc) is 2.85. The van der Waals surface area contributed by atoms with Crippen LogP contribution in [-0.2, 0) is 28.4 Å². The van der Waals surface area contributed by atoms with Gasteiger partial charge < -0.3 is 74.4 Å². The molecule has 0 amide bonds. The first-order valence-corrected chi connectivity index (χ1v) is 11.3. The molecule has 3 fully saturated rings. The minimum atomic E-state index is -1.68. The van der Waals surface area contributed by atoms with Gasteiger partial charge in [0.2, 0.25) is 0 Å². The van der Waals surface area contributed by atoms with Crippen LogP contribution in [0.2, 0.25) is 0 Å². The fourth-order valence-electron chi connectivity index (χ4n) is 4.43. The Kier molecular flexibility index (Phi) is 10.2. The SMILES string of the molecule is COC1C(COC2OC(CO)C(O)C(O)C2O)OC(OC2C(CO)OC(C)C(O)C2O)C(O)C1O. The van der Waals surface area contributed by atoms with Gasteiger partial charge in [0.05, 0.1) is 25.9 Å². The third-order valence-electron chi connectivity index (χ3n) is 6.58. The van der Waals surface area contributed by atoms with Crippen LogP contribution < -0.4 is 0 Å². The highest BCUT2D eigenvalue weighted by Gasteiger charge is 2.51. The maximum Gasteiger partial charge on any atom is 0.187 e. The zero-order chi connectivity index (χ0) is 26.0. The van der Waals surface area contributed by atoms with Gasteiger partial charge in [0, 0.05) is 7.11 Å². The second kappa shape index (κ2) is 12.3. The molecule has 0 aromatic carbocycles. The van der Waals surface area contributed by atoms with Crippen molar-refractivity contribution in [1.29, 1.82) is 0 Å². The maximum absolute atomic E-state index is 10.6. The molecule has 0 saturated carbocycles. The van der Waals surface area contributed by atoms with Crippen molar-refractivity contribution in [2.75, 3.05) is 26.9 Å². The Morgan fingerprint density at radius 1 is 0.600 bits per heavy atom. The van der Waals surface area contributed by atoms with E-state index >= 15 is 0 Å². The highest BCUT2D eigenvalue weighted by Crippen LogP contribution is 2.31. The normalized spacial score (nSPS) is 51.3. The lowest BCUT2D eigenvalue weighted by Gasteiger charge is -2.46. The van der Waals surface area contributed by atoms with Gasteiger partial charge in [-0.3, -0.25) is 0 Å². The lowest BCUT2D eigenvalue weighted by Crippen LogP contribution is -2.65. The van der Waals surface area contributed by atoms with Crippen LogP contribution in [0, 0.1) is 0 Å². The smallest absolute Gasteiger partial charge is 0.187 e.